The van der Waals surface area contributed by atoms with Crippen molar-refractivity contribution < 1.29 is 14.0 Å². The van der Waals surface area contributed by atoms with E-state index >= 15 is 0 Å². The van der Waals surface area contributed by atoms with Crippen molar-refractivity contribution in [1.82, 2.24) is 19.1 Å². The number of furan rings is 1. The second kappa shape index (κ2) is 8.22. The monoisotopic (exact) mass is 520 g/mol. The van der Waals surface area contributed by atoms with Gasteiger partial charge in [0.2, 0.25) is 0 Å². The number of carbonyl (C=O) groups is 2. The SMILES string of the molecule is Cn1c(-c2cc3ccccc3o2)nc2c1nc(C=C1C(=O)c3cc4ccccc4cc3C1=O)n2-c1ccccc1. The maximum absolute atomic E-state index is 13.5. The van der Waals surface area contributed by atoms with Gasteiger partial charge in [-0.3, -0.25) is 14.2 Å². The number of nitrogens with zero attached hydrogens (tertiary/aromatic N) is 4. The topological polar surface area (TPSA) is 82.9 Å². The number of aryl methyl sites for hydroxylation is 1. The Morgan fingerprint density at radius 1 is 0.700 bits per heavy atom. The molecule has 0 N–H and O–H groups in total. The predicted molar refractivity (Wildman–Crippen MR) is 154 cm³/mol. The van der Waals surface area contributed by atoms with Gasteiger partial charge in [-0.2, -0.15) is 0 Å². The molecule has 0 atom stereocenters. The van der Waals surface area contributed by atoms with Crippen molar-refractivity contribution >= 4 is 50.7 Å². The number of imidazole rings is 2. The summed E-state index contributed by atoms with van der Waals surface area (Å²) in [4.78, 5) is 36.8. The normalized spacial score (nSPS) is 13.2. The molecule has 0 fully saturated rings. The molecule has 8 rings (SSSR count). The number of Topliss-reactive ketones (excluding diaryl/α,β-unsaturated/α-hetero) is 2. The number of hydrogen-bond acceptors (Lipinski definition) is 5. The smallest absolute Gasteiger partial charge is 0.197 e. The Bertz CT molecular complexity index is 2120. The average molecular weight is 521 g/mol. The molecule has 0 spiro atoms. The van der Waals surface area contributed by atoms with E-state index in [9.17, 15) is 9.59 Å². The van der Waals surface area contributed by atoms with E-state index < -0.39 is 0 Å². The van der Waals surface area contributed by atoms with Crippen LogP contribution in [0.15, 0.2) is 107 Å². The van der Waals surface area contributed by atoms with Crippen LogP contribution in [-0.4, -0.2) is 30.7 Å². The van der Waals surface area contributed by atoms with Crippen LogP contribution >= 0.6 is 0 Å². The number of allylic oxidation sites excluding steroid dienone is 1. The molecule has 4 aromatic carbocycles. The van der Waals surface area contributed by atoms with Crippen LogP contribution < -0.4 is 0 Å². The number of fused-ring (bicyclic) bond motifs is 4. The minimum absolute atomic E-state index is 0.0929. The Morgan fingerprint density at radius 3 is 2.00 bits per heavy atom. The minimum atomic E-state index is -0.298. The molecule has 1 aliphatic carbocycles. The van der Waals surface area contributed by atoms with E-state index in [2.05, 4.69) is 0 Å². The molecule has 0 saturated carbocycles. The number of hydrogen-bond donors (Lipinski definition) is 0. The van der Waals surface area contributed by atoms with Crippen molar-refractivity contribution in [3.63, 3.8) is 0 Å². The number of para-hydroxylation sites is 2. The number of ketones is 2. The van der Waals surface area contributed by atoms with E-state index in [0.717, 1.165) is 27.4 Å². The number of aromatic nitrogens is 4. The van der Waals surface area contributed by atoms with Crippen molar-refractivity contribution in [2.24, 2.45) is 7.05 Å². The number of benzene rings is 4. The summed E-state index contributed by atoms with van der Waals surface area (Å²) >= 11 is 0. The van der Waals surface area contributed by atoms with Crippen molar-refractivity contribution in [3.05, 3.63) is 120 Å². The zero-order chi connectivity index (χ0) is 27.0. The molecule has 190 valence electrons. The van der Waals surface area contributed by atoms with E-state index in [1.807, 2.05) is 101 Å². The molecule has 0 unspecified atom stereocenters. The average Bonchev–Trinajstić information content (AvgIpc) is 3.71. The maximum Gasteiger partial charge on any atom is 0.197 e. The predicted octanol–water partition coefficient (Wildman–Crippen LogP) is 6.79. The van der Waals surface area contributed by atoms with Crippen LogP contribution in [0.3, 0.4) is 0 Å². The van der Waals surface area contributed by atoms with Crippen LogP contribution in [0.1, 0.15) is 26.5 Å². The highest BCUT2D eigenvalue weighted by Crippen LogP contribution is 2.34. The van der Waals surface area contributed by atoms with E-state index in [4.69, 9.17) is 14.4 Å². The Morgan fingerprint density at radius 2 is 1.32 bits per heavy atom. The molecular formula is C33H20N4O3. The fourth-order valence-electron chi connectivity index (χ4n) is 5.53. The Labute approximate surface area is 227 Å². The molecular weight excluding hydrogens is 500 g/mol. The summed E-state index contributed by atoms with van der Waals surface area (Å²) in [5, 5.41) is 2.82. The van der Waals surface area contributed by atoms with Gasteiger partial charge < -0.3 is 8.98 Å². The Kier molecular flexibility index (Phi) is 4.61. The van der Waals surface area contributed by atoms with Crippen LogP contribution in [0, 0.1) is 0 Å². The second-order valence-electron chi connectivity index (χ2n) is 9.89. The van der Waals surface area contributed by atoms with E-state index in [0.29, 0.717) is 39.8 Å². The summed E-state index contributed by atoms with van der Waals surface area (Å²) in [6.07, 6.45) is 1.59. The van der Waals surface area contributed by atoms with Crippen LogP contribution in [-0.2, 0) is 7.05 Å². The van der Waals surface area contributed by atoms with Crippen molar-refractivity contribution in [1.29, 1.82) is 0 Å². The minimum Gasteiger partial charge on any atom is -0.453 e. The molecule has 3 heterocycles. The van der Waals surface area contributed by atoms with Crippen molar-refractivity contribution in [2.45, 2.75) is 0 Å². The first-order chi connectivity index (χ1) is 19.6. The first-order valence-corrected chi connectivity index (χ1v) is 12.9. The van der Waals surface area contributed by atoms with Gasteiger partial charge in [0, 0.05) is 29.2 Å². The van der Waals surface area contributed by atoms with Crippen LogP contribution in [0.5, 0.6) is 0 Å². The Balaban J connectivity index is 1.32. The zero-order valence-corrected chi connectivity index (χ0v) is 21.3. The molecule has 0 radical (unpaired) electrons. The van der Waals surface area contributed by atoms with Gasteiger partial charge in [0.05, 0.1) is 5.57 Å². The van der Waals surface area contributed by atoms with Gasteiger partial charge in [-0.05, 0) is 53.2 Å². The van der Waals surface area contributed by atoms with Gasteiger partial charge >= 0.3 is 0 Å². The lowest BCUT2D eigenvalue weighted by molar-refractivity contribution is 0.0990. The third-order valence-electron chi connectivity index (χ3n) is 7.51. The van der Waals surface area contributed by atoms with Crippen LogP contribution in [0.25, 0.3) is 56.4 Å². The number of carbonyl (C=O) groups excluding carboxylic acids is 2. The van der Waals surface area contributed by atoms with E-state index in [1.54, 1.807) is 18.2 Å². The lowest BCUT2D eigenvalue weighted by Gasteiger charge is -2.06. The molecule has 3 aromatic heterocycles. The highest BCUT2D eigenvalue weighted by molar-refractivity contribution is 6.42. The summed E-state index contributed by atoms with van der Waals surface area (Å²) < 4.78 is 9.83. The van der Waals surface area contributed by atoms with Gasteiger partial charge in [0.15, 0.2) is 34.4 Å². The molecule has 40 heavy (non-hydrogen) atoms. The lowest BCUT2D eigenvalue weighted by Crippen LogP contribution is -2.04. The molecule has 7 nitrogen and oxygen atoms in total. The standard InChI is InChI=1S/C33H20N4O3/c1-36-31(27-17-21-11-7-8-14-26(21)40-27)35-33-32(36)34-28(37(33)22-12-3-2-4-13-22)18-25-29(38)23-15-19-9-5-6-10-20(19)16-24(23)30(25)39/h2-18H,1H3. The van der Waals surface area contributed by atoms with Crippen molar-refractivity contribution in [3.8, 4) is 17.3 Å². The van der Waals surface area contributed by atoms with Gasteiger partial charge in [0.25, 0.3) is 0 Å². The summed E-state index contributed by atoms with van der Waals surface area (Å²) in [6, 6.07) is 30.8. The molecule has 7 heteroatoms. The van der Waals surface area contributed by atoms with Crippen LogP contribution in [0.4, 0.5) is 0 Å². The lowest BCUT2D eigenvalue weighted by atomic mass is 10.0. The second-order valence-corrected chi connectivity index (χ2v) is 9.89. The summed E-state index contributed by atoms with van der Waals surface area (Å²) in [6.45, 7) is 0. The highest BCUT2D eigenvalue weighted by Gasteiger charge is 2.34. The fourth-order valence-corrected chi connectivity index (χ4v) is 5.53. The van der Waals surface area contributed by atoms with Crippen LogP contribution in [0.2, 0.25) is 0 Å². The fraction of sp³-hybridized carbons (Fsp3) is 0.0303. The third-order valence-corrected chi connectivity index (χ3v) is 7.51. The summed E-state index contributed by atoms with van der Waals surface area (Å²) in [5.41, 5.74) is 3.72. The van der Waals surface area contributed by atoms with Crippen molar-refractivity contribution in [2.75, 3.05) is 0 Å². The van der Waals surface area contributed by atoms with Gasteiger partial charge in [-0.25, -0.2) is 9.97 Å². The van der Waals surface area contributed by atoms with E-state index in [-0.39, 0.29) is 17.1 Å². The molecule has 0 bridgehead atoms. The number of rotatable bonds is 3. The molecule has 0 saturated heterocycles. The quantitative estimate of drug-likeness (QED) is 0.189. The van der Waals surface area contributed by atoms with E-state index in [1.165, 1.54) is 0 Å². The Hall–Kier alpha value is -5.56. The summed E-state index contributed by atoms with van der Waals surface area (Å²) in [5.74, 6) is 1.11. The van der Waals surface area contributed by atoms with Gasteiger partial charge in [-0.1, -0.05) is 60.7 Å². The first kappa shape index (κ1) is 22.4. The molecule has 1 aliphatic rings. The molecule has 0 amide bonds. The van der Waals surface area contributed by atoms with Gasteiger partial charge in [0.1, 0.15) is 11.4 Å². The molecule has 0 aliphatic heterocycles. The van der Waals surface area contributed by atoms with Gasteiger partial charge in [-0.15, -0.1) is 0 Å². The zero-order valence-electron chi connectivity index (χ0n) is 21.3. The highest BCUT2D eigenvalue weighted by atomic mass is 16.3. The maximum atomic E-state index is 13.5. The first-order valence-electron chi connectivity index (χ1n) is 12.9. The molecule has 7 aromatic rings. The third kappa shape index (κ3) is 3.18. The summed E-state index contributed by atoms with van der Waals surface area (Å²) in [7, 11) is 1.88. The largest absolute Gasteiger partial charge is 0.453 e.